The number of carbonyl (C=O) groups excluding carboxylic acids is 2. The number of hydrogen-bond donors (Lipinski definition) is 1. The van der Waals surface area contributed by atoms with Crippen molar-refractivity contribution in [3.05, 3.63) is 58.9 Å². The van der Waals surface area contributed by atoms with Crippen LogP contribution >= 0.6 is 11.6 Å². The zero-order valence-electron chi connectivity index (χ0n) is 17.0. The Hall–Kier alpha value is -3.59. The van der Waals surface area contributed by atoms with Crippen LogP contribution in [0.15, 0.2) is 47.0 Å². The molecule has 1 unspecified atom stereocenters. The number of aromatic nitrogens is 2. The molecule has 1 saturated heterocycles. The number of carbonyl (C=O) groups is 2. The first-order valence-corrected chi connectivity index (χ1v) is 9.68. The maximum absolute atomic E-state index is 13.2. The molecule has 10 heteroatoms. The summed E-state index contributed by atoms with van der Waals surface area (Å²) in [7, 11) is 3.02. The molecule has 160 valence electrons. The number of halogens is 1. The molecule has 0 bridgehead atoms. The van der Waals surface area contributed by atoms with Crippen LogP contribution in [0.2, 0.25) is 5.02 Å². The molecule has 0 aliphatic carbocycles. The van der Waals surface area contributed by atoms with Gasteiger partial charge in [-0.05, 0) is 36.8 Å². The minimum absolute atomic E-state index is 0.120. The number of imide groups is 1. The molecule has 1 aliphatic rings. The largest absolute Gasteiger partial charge is 0.493 e. The van der Waals surface area contributed by atoms with Gasteiger partial charge in [-0.1, -0.05) is 35.0 Å². The van der Waals surface area contributed by atoms with Crippen molar-refractivity contribution in [3.8, 4) is 22.9 Å². The Morgan fingerprint density at radius 2 is 1.90 bits per heavy atom. The quantitative estimate of drug-likeness (QED) is 0.583. The van der Waals surface area contributed by atoms with Gasteiger partial charge >= 0.3 is 6.03 Å². The topological polar surface area (TPSA) is 107 Å². The van der Waals surface area contributed by atoms with Crippen LogP contribution < -0.4 is 14.8 Å². The van der Waals surface area contributed by atoms with Crippen LogP contribution in [0.1, 0.15) is 18.4 Å². The van der Waals surface area contributed by atoms with Gasteiger partial charge in [0.2, 0.25) is 11.7 Å². The maximum atomic E-state index is 13.2. The van der Waals surface area contributed by atoms with E-state index < -0.39 is 17.5 Å². The van der Waals surface area contributed by atoms with Gasteiger partial charge in [-0.3, -0.25) is 9.69 Å². The number of methoxy groups -OCH3 is 2. The molecule has 3 amide bonds. The van der Waals surface area contributed by atoms with Gasteiger partial charge in [-0.15, -0.1) is 0 Å². The molecule has 1 aromatic heterocycles. The van der Waals surface area contributed by atoms with Crippen molar-refractivity contribution in [2.24, 2.45) is 0 Å². The van der Waals surface area contributed by atoms with Crippen molar-refractivity contribution < 1.29 is 23.6 Å². The van der Waals surface area contributed by atoms with E-state index in [9.17, 15) is 9.59 Å². The second-order valence-corrected chi connectivity index (χ2v) is 7.47. The first-order chi connectivity index (χ1) is 14.9. The molecule has 31 heavy (non-hydrogen) atoms. The van der Waals surface area contributed by atoms with E-state index in [0.29, 0.717) is 33.5 Å². The van der Waals surface area contributed by atoms with Crippen LogP contribution in [0.4, 0.5) is 4.79 Å². The Morgan fingerprint density at radius 3 is 2.61 bits per heavy atom. The van der Waals surface area contributed by atoms with Crippen molar-refractivity contribution in [2.75, 3.05) is 14.2 Å². The molecule has 1 N–H and O–H groups in total. The summed E-state index contributed by atoms with van der Waals surface area (Å²) in [4.78, 5) is 31.1. The van der Waals surface area contributed by atoms with E-state index in [1.54, 1.807) is 49.4 Å². The minimum atomic E-state index is -1.29. The number of nitrogens with one attached hydrogen (secondary N) is 1. The molecule has 2 heterocycles. The summed E-state index contributed by atoms with van der Waals surface area (Å²) in [6, 6.07) is 11.4. The second-order valence-electron chi connectivity index (χ2n) is 7.04. The third-order valence-corrected chi connectivity index (χ3v) is 5.32. The first-order valence-electron chi connectivity index (χ1n) is 9.31. The normalized spacial score (nSPS) is 18.3. The number of amides is 3. The molecule has 0 radical (unpaired) electrons. The summed E-state index contributed by atoms with van der Waals surface area (Å²) < 4.78 is 15.8. The highest BCUT2D eigenvalue weighted by Gasteiger charge is 2.49. The summed E-state index contributed by atoms with van der Waals surface area (Å²) in [5.74, 6) is 0.946. The smallest absolute Gasteiger partial charge is 0.325 e. The highest BCUT2D eigenvalue weighted by Crippen LogP contribution is 2.35. The van der Waals surface area contributed by atoms with Crippen molar-refractivity contribution in [1.82, 2.24) is 20.4 Å². The molecule has 1 fully saturated rings. The van der Waals surface area contributed by atoms with Crippen LogP contribution in [0, 0.1) is 0 Å². The summed E-state index contributed by atoms with van der Waals surface area (Å²) in [5.41, 5.74) is -0.0714. The van der Waals surface area contributed by atoms with Crippen LogP contribution in [0.5, 0.6) is 11.5 Å². The Morgan fingerprint density at radius 1 is 1.13 bits per heavy atom. The van der Waals surface area contributed by atoms with E-state index in [4.69, 9.17) is 25.6 Å². The fourth-order valence-electron chi connectivity index (χ4n) is 3.38. The predicted octanol–water partition coefficient (Wildman–Crippen LogP) is 3.37. The Balaban J connectivity index is 1.58. The standard InChI is InChI=1S/C21H19ClN4O5/c1-21(13-7-8-15(29-2)16(10-13)30-3)19(27)26(20(28)24-21)11-17-23-18(25-31-17)12-5-4-6-14(22)9-12/h4-10H,11H2,1-3H3,(H,24,28). The van der Waals surface area contributed by atoms with Crippen LogP contribution in [0.25, 0.3) is 11.4 Å². The van der Waals surface area contributed by atoms with E-state index in [-0.39, 0.29) is 12.4 Å². The summed E-state index contributed by atoms with van der Waals surface area (Å²) >= 11 is 6.00. The first kappa shape index (κ1) is 20.7. The summed E-state index contributed by atoms with van der Waals surface area (Å²) in [5, 5.41) is 7.18. The van der Waals surface area contributed by atoms with E-state index >= 15 is 0 Å². The van der Waals surface area contributed by atoms with Crippen molar-refractivity contribution in [3.63, 3.8) is 0 Å². The Bertz CT molecular complexity index is 1160. The molecular formula is C21H19ClN4O5. The molecule has 9 nitrogen and oxygen atoms in total. The summed E-state index contributed by atoms with van der Waals surface area (Å²) in [6.07, 6.45) is 0. The lowest BCUT2D eigenvalue weighted by molar-refractivity contribution is -0.131. The zero-order chi connectivity index (χ0) is 22.2. The maximum Gasteiger partial charge on any atom is 0.325 e. The van der Waals surface area contributed by atoms with Crippen molar-refractivity contribution in [2.45, 2.75) is 19.0 Å². The van der Waals surface area contributed by atoms with Gasteiger partial charge in [0, 0.05) is 10.6 Å². The fourth-order valence-corrected chi connectivity index (χ4v) is 3.57. The zero-order valence-corrected chi connectivity index (χ0v) is 17.8. The molecule has 3 aromatic rings. The SMILES string of the molecule is COc1ccc(C2(C)NC(=O)N(Cc3nc(-c4cccc(Cl)c4)no3)C2=O)cc1OC. The van der Waals surface area contributed by atoms with Crippen molar-refractivity contribution >= 4 is 23.5 Å². The number of nitrogens with zero attached hydrogens (tertiary/aromatic N) is 3. The van der Waals surface area contributed by atoms with Gasteiger partial charge in [0.1, 0.15) is 12.1 Å². The van der Waals surface area contributed by atoms with E-state index in [1.165, 1.54) is 14.2 Å². The Labute approximate surface area is 182 Å². The van der Waals surface area contributed by atoms with Crippen LogP contribution in [-0.2, 0) is 16.9 Å². The highest BCUT2D eigenvalue weighted by atomic mass is 35.5. The molecule has 4 rings (SSSR count). The fraction of sp³-hybridized carbons (Fsp3) is 0.238. The third kappa shape index (κ3) is 3.68. The number of benzene rings is 2. The van der Waals surface area contributed by atoms with Crippen molar-refractivity contribution in [1.29, 1.82) is 0 Å². The van der Waals surface area contributed by atoms with Gasteiger partial charge in [0.15, 0.2) is 11.5 Å². The molecule has 2 aromatic carbocycles. The van der Waals surface area contributed by atoms with Crippen LogP contribution in [0.3, 0.4) is 0 Å². The number of hydrogen-bond acceptors (Lipinski definition) is 7. The molecule has 0 saturated carbocycles. The van der Waals surface area contributed by atoms with Gasteiger partial charge < -0.3 is 19.3 Å². The third-order valence-electron chi connectivity index (χ3n) is 5.08. The lowest BCUT2D eigenvalue weighted by Crippen LogP contribution is -2.40. The number of rotatable bonds is 6. The molecule has 1 aliphatic heterocycles. The highest BCUT2D eigenvalue weighted by molar-refractivity contribution is 6.30. The van der Waals surface area contributed by atoms with Gasteiger partial charge in [-0.2, -0.15) is 4.98 Å². The molecule has 0 spiro atoms. The lowest BCUT2D eigenvalue weighted by atomic mass is 9.91. The monoisotopic (exact) mass is 442 g/mol. The van der Waals surface area contributed by atoms with E-state index in [0.717, 1.165) is 4.90 Å². The number of urea groups is 1. The average molecular weight is 443 g/mol. The van der Waals surface area contributed by atoms with E-state index in [2.05, 4.69) is 15.5 Å². The predicted molar refractivity (Wildman–Crippen MR) is 111 cm³/mol. The van der Waals surface area contributed by atoms with E-state index in [1.807, 2.05) is 0 Å². The Kier molecular flexibility index (Phi) is 5.28. The van der Waals surface area contributed by atoms with Gasteiger partial charge in [0.05, 0.1) is 14.2 Å². The van der Waals surface area contributed by atoms with Crippen LogP contribution in [-0.4, -0.2) is 41.2 Å². The van der Waals surface area contributed by atoms with Gasteiger partial charge in [0.25, 0.3) is 5.91 Å². The molecular weight excluding hydrogens is 424 g/mol. The second kappa shape index (κ2) is 7.92. The lowest BCUT2D eigenvalue weighted by Gasteiger charge is -2.23. The summed E-state index contributed by atoms with van der Waals surface area (Å²) in [6.45, 7) is 1.46. The molecule has 1 atom stereocenters. The average Bonchev–Trinajstić information content (AvgIpc) is 3.32. The minimum Gasteiger partial charge on any atom is -0.493 e. The number of ether oxygens (including phenoxy) is 2. The van der Waals surface area contributed by atoms with Gasteiger partial charge in [-0.25, -0.2) is 4.79 Å².